The van der Waals surface area contributed by atoms with Gasteiger partial charge < -0.3 is 0 Å². The first-order chi connectivity index (χ1) is 12.1. The van der Waals surface area contributed by atoms with E-state index in [0.29, 0.717) is 0 Å². The van der Waals surface area contributed by atoms with E-state index in [1.54, 1.807) is 11.3 Å². The number of aryl methyl sites for hydroxylation is 3. The summed E-state index contributed by atoms with van der Waals surface area (Å²) in [6.07, 6.45) is 0. The van der Waals surface area contributed by atoms with Gasteiger partial charge in [-0.05, 0) is 70.5 Å². The topological polar surface area (TPSA) is 0 Å². The smallest absolute Gasteiger partial charge is 0.145 e. The lowest BCUT2D eigenvalue weighted by atomic mass is 9.95. The zero-order valence-electron chi connectivity index (χ0n) is 14.3. The fourth-order valence-corrected chi connectivity index (χ4v) is 5.85. The summed E-state index contributed by atoms with van der Waals surface area (Å²) in [7, 11) is 0. The minimum atomic E-state index is -0.0454. The molecule has 0 N–H and O–H groups in total. The Balaban J connectivity index is 1.84. The molecule has 4 aromatic rings. The van der Waals surface area contributed by atoms with Crippen molar-refractivity contribution >= 4 is 22.1 Å². The Bertz CT molecular complexity index is 1240. The van der Waals surface area contributed by atoms with Crippen LogP contribution in [0.5, 0.6) is 0 Å². The molecule has 0 unspecified atom stereocenters. The minimum Gasteiger partial charge on any atom is -0.205 e. The summed E-state index contributed by atoms with van der Waals surface area (Å²) < 4.78 is 14.8. The van der Waals surface area contributed by atoms with Crippen molar-refractivity contribution in [1.82, 2.24) is 0 Å². The summed E-state index contributed by atoms with van der Waals surface area (Å²) in [4.78, 5) is 1.87. The van der Waals surface area contributed by atoms with Gasteiger partial charge >= 0.3 is 0 Å². The van der Waals surface area contributed by atoms with Gasteiger partial charge in [0.25, 0.3) is 0 Å². The van der Waals surface area contributed by atoms with Crippen molar-refractivity contribution in [2.24, 2.45) is 0 Å². The van der Waals surface area contributed by atoms with Crippen LogP contribution in [0.3, 0.4) is 0 Å². The van der Waals surface area contributed by atoms with Gasteiger partial charge in [0.15, 0.2) is 0 Å². The second kappa shape index (κ2) is 4.20. The van der Waals surface area contributed by atoms with Crippen molar-refractivity contribution < 1.29 is 4.39 Å². The average molecular weight is 342 g/mol. The Labute approximate surface area is 149 Å². The molecule has 2 aliphatic rings. The molecule has 6 rings (SSSR count). The number of halogens is 1. The standard InChI is InChI=1S/C23H15FS/c1-10-4-5-11(2)18-14-8-9-16-20-15(7-6-13(17(10)18)19(14)20)21-22(24)12(3)25-23(16)21/h4-9H,1-3H3. The van der Waals surface area contributed by atoms with Crippen molar-refractivity contribution in [3.63, 3.8) is 0 Å². The van der Waals surface area contributed by atoms with E-state index in [4.69, 9.17) is 0 Å². The Hall–Kier alpha value is -2.45. The highest BCUT2D eigenvalue weighted by atomic mass is 32.1. The summed E-state index contributed by atoms with van der Waals surface area (Å²) >= 11 is 1.58. The summed E-state index contributed by atoms with van der Waals surface area (Å²) in [6.45, 7) is 6.24. The third kappa shape index (κ3) is 1.41. The number of thiophene rings is 1. The van der Waals surface area contributed by atoms with E-state index in [-0.39, 0.29) is 5.82 Å². The highest BCUT2D eigenvalue weighted by Gasteiger charge is 2.33. The third-order valence-corrected chi connectivity index (χ3v) is 6.96. The summed E-state index contributed by atoms with van der Waals surface area (Å²) in [5.41, 5.74) is 11.0. The summed E-state index contributed by atoms with van der Waals surface area (Å²) in [6, 6.07) is 13.2. The maximum Gasteiger partial charge on any atom is 0.145 e. The normalized spacial score (nSPS) is 12.8. The van der Waals surface area contributed by atoms with Crippen molar-refractivity contribution in [2.45, 2.75) is 20.8 Å². The van der Waals surface area contributed by atoms with Crippen LogP contribution in [0.1, 0.15) is 16.0 Å². The fourth-order valence-electron chi connectivity index (χ4n) is 4.77. The molecule has 0 fully saturated rings. The van der Waals surface area contributed by atoms with Gasteiger partial charge in [0, 0.05) is 20.9 Å². The largest absolute Gasteiger partial charge is 0.205 e. The lowest BCUT2D eigenvalue weighted by Crippen LogP contribution is -1.86. The minimum absolute atomic E-state index is 0.0454. The number of hydrogen-bond donors (Lipinski definition) is 0. The zero-order chi connectivity index (χ0) is 17.0. The molecule has 2 aliphatic carbocycles. The van der Waals surface area contributed by atoms with Gasteiger partial charge in [-0.3, -0.25) is 0 Å². The molecular formula is C23H15FS. The molecule has 120 valence electrons. The van der Waals surface area contributed by atoms with Gasteiger partial charge in [-0.15, -0.1) is 11.3 Å². The molecule has 0 saturated carbocycles. The first kappa shape index (κ1) is 13.8. The quantitative estimate of drug-likeness (QED) is 0.272. The Morgan fingerprint density at radius 3 is 1.72 bits per heavy atom. The van der Waals surface area contributed by atoms with Crippen LogP contribution in [0.25, 0.3) is 54.6 Å². The van der Waals surface area contributed by atoms with E-state index in [1.165, 1.54) is 49.7 Å². The highest BCUT2D eigenvalue weighted by Crippen LogP contribution is 2.59. The number of fused-ring (bicyclic) bond motifs is 6. The highest BCUT2D eigenvalue weighted by molar-refractivity contribution is 7.16. The lowest BCUT2D eigenvalue weighted by molar-refractivity contribution is 0.629. The second-order valence-corrected chi connectivity index (χ2v) is 8.42. The first-order valence-corrected chi connectivity index (χ1v) is 9.40. The van der Waals surface area contributed by atoms with Gasteiger partial charge in [-0.2, -0.15) is 0 Å². The summed E-state index contributed by atoms with van der Waals surface area (Å²) in [5, 5.41) is 2.55. The number of hydrogen-bond acceptors (Lipinski definition) is 1. The van der Waals surface area contributed by atoms with Crippen molar-refractivity contribution in [2.75, 3.05) is 0 Å². The second-order valence-electron chi connectivity index (χ2n) is 7.20. The zero-order valence-corrected chi connectivity index (χ0v) is 15.1. The maximum atomic E-state index is 14.8. The van der Waals surface area contributed by atoms with E-state index >= 15 is 0 Å². The molecule has 3 aromatic carbocycles. The predicted octanol–water partition coefficient (Wildman–Crippen LogP) is 7.26. The van der Waals surface area contributed by atoms with Crippen LogP contribution in [-0.2, 0) is 0 Å². The molecule has 0 bridgehead atoms. The molecule has 0 spiro atoms. The van der Waals surface area contributed by atoms with E-state index in [0.717, 1.165) is 20.9 Å². The molecule has 1 heterocycles. The Morgan fingerprint density at radius 2 is 1.12 bits per heavy atom. The van der Waals surface area contributed by atoms with Gasteiger partial charge in [-0.1, -0.05) is 36.4 Å². The summed E-state index contributed by atoms with van der Waals surface area (Å²) in [5.74, 6) is -0.0454. The van der Waals surface area contributed by atoms with E-state index in [9.17, 15) is 4.39 Å². The third-order valence-electron chi connectivity index (χ3n) is 5.85. The molecule has 0 amide bonds. The molecule has 0 aliphatic heterocycles. The van der Waals surface area contributed by atoms with Crippen LogP contribution < -0.4 is 0 Å². The fraction of sp³-hybridized carbons (Fsp3) is 0.130. The Kier molecular flexibility index (Phi) is 2.32. The molecule has 0 radical (unpaired) electrons. The van der Waals surface area contributed by atoms with Gasteiger partial charge in [-0.25, -0.2) is 4.39 Å². The van der Waals surface area contributed by atoms with Crippen molar-refractivity contribution in [3.8, 4) is 43.8 Å². The van der Waals surface area contributed by atoms with Crippen molar-refractivity contribution in [1.29, 1.82) is 0 Å². The van der Waals surface area contributed by atoms with Gasteiger partial charge in [0.1, 0.15) is 5.82 Å². The first-order valence-electron chi connectivity index (χ1n) is 8.58. The molecular weight excluding hydrogens is 327 g/mol. The molecule has 0 nitrogen and oxygen atoms in total. The maximum absolute atomic E-state index is 14.8. The van der Waals surface area contributed by atoms with Gasteiger partial charge in [0.05, 0.1) is 0 Å². The molecule has 0 atom stereocenters. The van der Waals surface area contributed by atoms with Crippen LogP contribution in [-0.4, -0.2) is 0 Å². The number of benzene rings is 3. The van der Waals surface area contributed by atoms with Crippen LogP contribution >= 0.6 is 11.3 Å². The molecule has 1 aromatic heterocycles. The van der Waals surface area contributed by atoms with Gasteiger partial charge in [0.2, 0.25) is 0 Å². The van der Waals surface area contributed by atoms with Crippen LogP contribution in [0.15, 0.2) is 36.4 Å². The van der Waals surface area contributed by atoms with E-state index in [1.807, 2.05) is 6.92 Å². The van der Waals surface area contributed by atoms with Crippen molar-refractivity contribution in [3.05, 3.63) is 58.2 Å². The molecule has 2 heteroatoms. The van der Waals surface area contributed by atoms with E-state index < -0.39 is 0 Å². The van der Waals surface area contributed by atoms with Crippen LogP contribution in [0.4, 0.5) is 4.39 Å². The predicted molar refractivity (Wildman–Crippen MR) is 105 cm³/mol. The van der Waals surface area contributed by atoms with Crippen LogP contribution in [0, 0.1) is 26.6 Å². The molecule has 25 heavy (non-hydrogen) atoms. The SMILES string of the molecule is Cc1ccc(C)c2c1-c1ccc3c4c(ccc-2c14)-c1c-3sc(C)c1F. The molecule has 0 saturated heterocycles. The monoisotopic (exact) mass is 342 g/mol. The van der Waals surface area contributed by atoms with Crippen LogP contribution in [0.2, 0.25) is 0 Å². The lowest BCUT2D eigenvalue weighted by Gasteiger charge is -2.09. The average Bonchev–Trinajstić information content (AvgIpc) is 3.20. The Morgan fingerprint density at radius 1 is 0.640 bits per heavy atom. The van der Waals surface area contributed by atoms with E-state index in [2.05, 4.69) is 50.2 Å². The number of rotatable bonds is 0.